The van der Waals surface area contributed by atoms with Gasteiger partial charge in [-0.1, -0.05) is 30.3 Å². The molecule has 1 aromatic rings. The first-order valence-corrected chi connectivity index (χ1v) is 8.55. The van der Waals surface area contributed by atoms with Gasteiger partial charge in [-0.05, 0) is 5.56 Å². The van der Waals surface area contributed by atoms with E-state index in [4.69, 9.17) is 16.4 Å². The number of benzene rings is 1. The molecular formula is C13H14KN5O8S. The van der Waals surface area contributed by atoms with Crippen LogP contribution in [-0.2, 0) is 36.1 Å². The largest absolute Gasteiger partial charge is 1.00 e. The van der Waals surface area contributed by atoms with Gasteiger partial charge in [0.25, 0.3) is 17.7 Å². The normalized spacial score (nSPS) is 18.5. The summed E-state index contributed by atoms with van der Waals surface area (Å²) in [7, 11) is -5.44. The van der Waals surface area contributed by atoms with Gasteiger partial charge in [0, 0.05) is 0 Å². The summed E-state index contributed by atoms with van der Waals surface area (Å²) >= 11 is 0. The van der Waals surface area contributed by atoms with E-state index in [2.05, 4.69) is 0 Å². The molecule has 2 rings (SSSR count). The van der Waals surface area contributed by atoms with Crippen LogP contribution in [0, 0.1) is 5.92 Å². The number of nitrogens with one attached hydrogen (secondary N) is 1. The topological polar surface area (TPSA) is 205 Å². The molecule has 2 unspecified atom stereocenters. The summed E-state index contributed by atoms with van der Waals surface area (Å²) in [5.74, 6) is -1.07. The van der Waals surface area contributed by atoms with Crippen LogP contribution in [0.2, 0.25) is 0 Å². The second kappa shape index (κ2) is 9.86. The van der Waals surface area contributed by atoms with Crippen LogP contribution in [0.3, 0.4) is 0 Å². The molecule has 13 nitrogen and oxygen atoms in total. The number of rotatable bonds is 6. The van der Waals surface area contributed by atoms with Gasteiger partial charge in [-0.25, -0.2) is 28.8 Å². The number of urea groups is 1. The maximum atomic E-state index is 12.1. The van der Waals surface area contributed by atoms with Crippen LogP contribution >= 0.6 is 0 Å². The second-order valence-electron chi connectivity index (χ2n) is 5.30. The first-order chi connectivity index (χ1) is 12.6. The smallest absolute Gasteiger partial charge is 0.731 e. The fraction of sp³-hybridized carbons (Fsp3) is 0.231. The molecule has 1 heterocycles. The van der Waals surface area contributed by atoms with Gasteiger partial charge < -0.3 is 10.3 Å². The molecule has 1 fully saturated rings. The molecule has 0 bridgehead atoms. The Bertz CT molecular complexity index is 880. The third kappa shape index (κ3) is 5.34. The third-order valence-electron chi connectivity index (χ3n) is 3.56. The minimum Gasteiger partial charge on any atom is -0.731 e. The Kier molecular flexibility index (Phi) is 8.66. The zero-order valence-corrected chi connectivity index (χ0v) is 18.4. The van der Waals surface area contributed by atoms with Crippen molar-refractivity contribution in [1.29, 1.82) is 0 Å². The molecular weight excluding hydrogens is 425 g/mol. The van der Waals surface area contributed by atoms with E-state index in [9.17, 15) is 32.1 Å². The number of nitrogens with two attached hydrogens (primary N) is 2. The zero-order chi connectivity index (χ0) is 20.4. The first-order valence-electron chi connectivity index (χ1n) is 7.18. The van der Waals surface area contributed by atoms with Crippen LogP contribution in [0.5, 0.6) is 0 Å². The second-order valence-corrected chi connectivity index (χ2v) is 6.55. The summed E-state index contributed by atoms with van der Waals surface area (Å²) in [6, 6.07) is 4.89. The zero-order valence-electron chi connectivity index (χ0n) is 14.5. The number of carbonyl (C=O) groups excluding carboxylic acids is 4. The predicted molar refractivity (Wildman–Crippen MR) is 83.8 cm³/mol. The van der Waals surface area contributed by atoms with E-state index < -0.39 is 46.0 Å². The van der Waals surface area contributed by atoms with Gasteiger partial charge in [0.1, 0.15) is 6.04 Å². The summed E-state index contributed by atoms with van der Waals surface area (Å²) in [6.07, 6.45) is 0. The van der Waals surface area contributed by atoms with Gasteiger partial charge in [0.2, 0.25) is 0 Å². The van der Waals surface area contributed by atoms with Crippen LogP contribution in [0.25, 0.3) is 0 Å². The van der Waals surface area contributed by atoms with Crippen molar-refractivity contribution >= 4 is 34.1 Å². The van der Waals surface area contributed by atoms with Crippen LogP contribution < -0.4 is 68.4 Å². The Labute approximate surface area is 201 Å². The van der Waals surface area contributed by atoms with Crippen molar-refractivity contribution in [1.82, 2.24) is 14.8 Å². The fourth-order valence-electron chi connectivity index (χ4n) is 2.29. The number of carbonyl (C=O) groups is 4. The number of hydrazine groups is 1. The summed E-state index contributed by atoms with van der Waals surface area (Å²) in [5.41, 5.74) is 7.33. The molecule has 28 heavy (non-hydrogen) atoms. The third-order valence-corrected chi connectivity index (χ3v) is 4.45. The minimum atomic E-state index is -5.44. The van der Waals surface area contributed by atoms with Crippen molar-refractivity contribution in [2.75, 3.05) is 0 Å². The molecule has 0 aromatic heterocycles. The van der Waals surface area contributed by atoms with Crippen molar-refractivity contribution in [3.8, 4) is 0 Å². The number of primary amides is 1. The van der Waals surface area contributed by atoms with Gasteiger partial charge in [0.05, 0.1) is 6.61 Å². The van der Waals surface area contributed by atoms with E-state index in [0.717, 1.165) is 0 Å². The summed E-state index contributed by atoms with van der Waals surface area (Å²) in [4.78, 5) is 51.9. The molecule has 1 saturated heterocycles. The number of imide groups is 1. The van der Waals surface area contributed by atoms with Crippen LogP contribution in [-0.4, -0.2) is 52.1 Å². The molecule has 5 amide bonds. The summed E-state index contributed by atoms with van der Waals surface area (Å²) in [5, 5.41) is -0.208. The maximum absolute atomic E-state index is 12.1. The molecule has 146 valence electrons. The molecule has 1 aliphatic heterocycles. The fourth-order valence-corrected chi connectivity index (χ4v) is 3.11. The maximum Gasteiger partial charge on any atom is 1.00 e. The molecule has 2 atom stereocenters. The van der Waals surface area contributed by atoms with E-state index in [-0.39, 0.29) is 67.3 Å². The minimum absolute atomic E-state index is 0. The van der Waals surface area contributed by atoms with Crippen molar-refractivity contribution in [3.05, 3.63) is 35.9 Å². The van der Waals surface area contributed by atoms with E-state index in [0.29, 0.717) is 5.56 Å². The summed E-state index contributed by atoms with van der Waals surface area (Å²) < 4.78 is 33.1. The van der Waals surface area contributed by atoms with Crippen LogP contribution in [0.1, 0.15) is 5.56 Å². The van der Waals surface area contributed by atoms with E-state index in [1.807, 2.05) is 5.48 Å². The molecule has 0 saturated carbocycles. The SMILES string of the molecule is NC(=O)N(N)C(=O)C1C(C(=O)NOCc2ccccc2)C(=O)N1S(=O)(=O)[O-].[K+]. The van der Waals surface area contributed by atoms with E-state index in [1.165, 1.54) is 0 Å². The first kappa shape index (κ1) is 24.6. The van der Waals surface area contributed by atoms with Crippen molar-refractivity contribution in [3.63, 3.8) is 0 Å². The monoisotopic (exact) mass is 439 g/mol. The van der Waals surface area contributed by atoms with Crippen molar-refractivity contribution in [2.24, 2.45) is 17.5 Å². The summed E-state index contributed by atoms with van der Waals surface area (Å²) in [6.45, 7) is -0.0973. The predicted octanol–water partition coefficient (Wildman–Crippen LogP) is -5.69. The van der Waals surface area contributed by atoms with Gasteiger partial charge in [-0.3, -0.25) is 19.2 Å². The Morgan fingerprint density at radius 3 is 2.32 bits per heavy atom. The molecule has 0 radical (unpaired) electrons. The van der Waals surface area contributed by atoms with Crippen LogP contribution in [0.4, 0.5) is 4.79 Å². The molecule has 5 N–H and O–H groups in total. The number of nitrogens with zero attached hydrogens (tertiary/aromatic N) is 2. The van der Waals surface area contributed by atoms with Crippen molar-refractivity contribution in [2.45, 2.75) is 12.6 Å². The molecule has 1 aliphatic rings. The molecule has 15 heteroatoms. The Balaban J connectivity index is 0.00000392. The Morgan fingerprint density at radius 2 is 1.82 bits per heavy atom. The average Bonchev–Trinajstić information content (AvgIpc) is 2.57. The Morgan fingerprint density at radius 1 is 1.25 bits per heavy atom. The van der Waals surface area contributed by atoms with Gasteiger partial charge in [-0.15, -0.1) is 0 Å². The van der Waals surface area contributed by atoms with Gasteiger partial charge in [0.15, 0.2) is 16.2 Å². The van der Waals surface area contributed by atoms with E-state index in [1.54, 1.807) is 30.3 Å². The number of hydrogen-bond donors (Lipinski definition) is 3. The van der Waals surface area contributed by atoms with Crippen LogP contribution in [0.15, 0.2) is 30.3 Å². The van der Waals surface area contributed by atoms with Gasteiger partial charge in [-0.2, -0.15) is 5.01 Å². The molecule has 1 aromatic carbocycles. The standard InChI is InChI=1S/C13H15N5O8S.K/c14-13(22)17(15)12(21)9-8(11(20)18(9)27(23,24)25)10(19)16-26-6-7-4-2-1-3-5-7;/h1-5,8-9H,6,15H2,(H2,14,22)(H,16,19)(H,23,24,25);/q;+1/p-1. The Hall–Kier alpha value is -1.43. The number of hydrogen-bond acceptors (Lipinski definition) is 9. The number of hydroxylamine groups is 1. The number of β-lactam (4-membered cyclic amide) rings is 1. The molecule has 0 spiro atoms. The van der Waals surface area contributed by atoms with Crippen molar-refractivity contribution < 1.29 is 88.4 Å². The molecule has 0 aliphatic carbocycles. The quantitative estimate of drug-likeness (QED) is 0.0733. The number of amides is 5. The van der Waals surface area contributed by atoms with E-state index >= 15 is 0 Å². The van der Waals surface area contributed by atoms with Gasteiger partial charge >= 0.3 is 57.4 Å². The average molecular weight is 439 g/mol.